The van der Waals surface area contributed by atoms with E-state index in [2.05, 4.69) is 20.6 Å². The van der Waals surface area contributed by atoms with E-state index >= 15 is 0 Å². The minimum atomic E-state index is -0.295. The number of benzene rings is 2. The van der Waals surface area contributed by atoms with Crippen LogP contribution in [0.4, 0.5) is 17.2 Å². The Bertz CT molecular complexity index is 981. The van der Waals surface area contributed by atoms with Crippen LogP contribution in [0.3, 0.4) is 0 Å². The quantitative estimate of drug-likeness (QED) is 0.629. The van der Waals surface area contributed by atoms with Gasteiger partial charge in [-0.25, -0.2) is 9.97 Å². The second-order valence-corrected chi connectivity index (χ2v) is 6.12. The van der Waals surface area contributed by atoms with E-state index in [-0.39, 0.29) is 5.91 Å². The zero-order chi connectivity index (χ0) is 20.8. The molecule has 0 aliphatic carbocycles. The molecule has 1 heterocycles. The fourth-order valence-corrected chi connectivity index (χ4v) is 2.72. The van der Waals surface area contributed by atoms with Crippen molar-refractivity contribution in [3.05, 3.63) is 60.0 Å². The standard InChI is InChI=1S/C21H22N4O4/c1-13-9-19(23-12-22-13)24-15-5-7-16(8-6-15)25-21(26)14-10-17(27-2)20(29-4)18(11-14)28-3/h5-12H,1-4H3,(H,25,26)(H,22,23,24). The molecule has 3 rings (SSSR count). The summed E-state index contributed by atoms with van der Waals surface area (Å²) in [5, 5.41) is 6.04. The van der Waals surface area contributed by atoms with E-state index in [0.717, 1.165) is 11.4 Å². The van der Waals surface area contributed by atoms with Crippen LogP contribution in [0.2, 0.25) is 0 Å². The smallest absolute Gasteiger partial charge is 0.255 e. The number of amides is 1. The zero-order valence-corrected chi connectivity index (χ0v) is 16.6. The molecule has 0 saturated heterocycles. The summed E-state index contributed by atoms with van der Waals surface area (Å²) >= 11 is 0. The number of nitrogens with zero attached hydrogens (tertiary/aromatic N) is 2. The second-order valence-electron chi connectivity index (χ2n) is 6.12. The molecule has 150 valence electrons. The molecule has 0 spiro atoms. The maximum atomic E-state index is 12.7. The van der Waals surface area contributed by atoms with Crippen LogP contribution in [0, 0.1) is 6.92 Å². The molecule has 0 aliphatic rings. The van der Waals surface area contributed by atoms with Gasteiger partial charge in [0.1, 0.15) is 12.1 Å². The van der Waals surface area contributed by atoms with Gasteiger partial charge in [0.15, 0.2) is 11.5 Å². The third kappa shape index (κ3) is 4.73. The normalized spacial score (nSPS) is 10.2. The lowest BCUT2D eigenvalue weighted by Crippen LogP contribution is -2.12. The maximum Gasteiger partial charge on any atom is 0.255 e. The van der Waals surface area contributed by atoms with Gasteiger partial charge in [-0.2, -0.15) is 0 Å². The van der Waals surface area contributed by atoms with Crippen LogP contribution in [0.25, 0.3) is 0 Å². The highest BCUT2D eigenvalue weighted by atomic mass is 16.5. The number of aromatic nitrogens is 2. The first-order valence-electron chi connectivity index (χ1n) is 8.81. The van der Waals surface area contributed by atoms with Gasteiger partial charge < -0.3 is 24.8 Å². The van der Waals surface area contributed by atoms with Crippen molar-refractivity contribution in [3.8, 4) is 17.2 Å². The van der Waals surface area contributed by atoms with E-state index in [0.29, 0.717) is 34.3 Å². The van der Waals surface area contributed by atoms with Gasteiger partial charge in [-0.1, -0.05) is 0 Å². The minimum Gasteiger partial charge on any atom is -0.493 e. The number of methoxy groups -OCH3 is 3. The number of anilines is 3. The molecule has 3 aromatic rings. The van der Waals surface area contributed by atoms with E-state index in [4.69, 9.17) is 14.2 Å². The minimum absolute atomic E-state index is 0.295. The van der Waals surface area contributed by atoms with Crippen molar-refractivity contribution in [1.29, 1.82) is 0 Å². The van der Waals surface area contributed by atoms with Gasteiger partial charge in [0.2, 0.25) is 5.75 Å². The van der Waals surface area contributed by atoms with Gasteiger partial charge in [-0.05, 0) is 43.3 Å². The highest BCUT2D eigenvalue weighted by Crippen LogP contribution is 2.38. The number of hydrogen-bond donors (Lipinski definition) is 2. The Morgan fingerprint density at radius 3 is 2.03 bits per heavy atom. The lowest BCUT2D eigenvalue weighted by molar-refractivity contribution is 0.102. The topological polar surface area (TPSA) is 94.6 Å². The third-order valence-electron chi connectivity index (χ3n) is 4.15. The molecule has 0 saturated carbocycles. The fourth-order valence-electron chi connectivity index (χ4n) is 2.72. The number of hydrogen-bond acceptors (Lipinski definition) is 7. The van der Waals surface area contributed by atoms with Crippen molar-refractivity contribution in [3.63, 3.8) is 0 Å². The summed E-state index contributed by atoms with van der Waals surface area (Å²) in [6.45, 7) is 1.90. The predicted octanol–water partition coefficient (Wildman–Crippen LogP) is 3.81. The van der Waals surface area contributed by atoms with E-state index in [9.17, 15) is 4.79 Å². The third-order valence-corrected chi connectivity index (χ3v) is 4.15. The summed E-state index contributed by atoms with van der Waals surface area (Å²) in [6, 6.07) is 12.3. The lowest BCUT2D eigenvalue weighted by atomic mass is 10.1. The number of ether oxygens (including phenoxy) is 3. The SMILES string of the molecule is COc1cc(C(=O)Nc2ccc(Nc3cc(C)ncn3)cc2)cc(OC)c1OC. The summed E-state index contributed by atoms with van der Waals surface area (Å²) < 4.78 is 15.9. The fraction of sp³-hybridized carbons (Fsp3) is 0.190. The average molecular weight is 394 g/mol. The van der Waals surface area contributed by atoms with Crippen LogP contribution in [-0.2, 0) is 0 Å². The molecular weight excluding hydrogens is 372 g/mol. The molecule has 1 aromatic heterocycles. The van der Waals surface area contributed by atoms with Gasteiger partial charge in [0.25, 0.3) is 5.91 Å². The van der Waals surface area contributed by atoms with E-state index < -0.39 is 0 Å². The average Bonchev–Trinajstić information content (AvgIpc) is 2.74. The van der Waals surface area contributed by atoms with Crippen LogP contribution >= 0.6 is 0 Å². The van der Waals surface area contributed by atoms with Crippen LogP contribution in [0.1, 0.15) is 16.1 Å². The molecule has 2 N–H and O–H groups in total. The molecule has 8 heteroatoms. The highest BCUT2D eigenvalue weighted by molar-refractivity contribution is 6.05. The van der Waals surface area contributed by atoms with Gasteiger partial charge >= 0.3 is 0 Å². The predicted molar refractivity (Wildman–Crippen MR) is 111 cm³/mol. The number of aryl methyl sites for hydroxylation is 1. The van der Waals surface area contributed by atoms with E-state index in [1.54, 1.807) is 24.3 Å². The van der Waals surface area contributed by atoms with Gasteiger partial charge in [-0.15, -0.1) is 0 Å². The van der Waals surface area contributed by atoms with Gasteiger partial charge in [0.05, 0.1) is 21.3 Å². The first-order chi connectivity index (χ1) is 14.0. The van der Waals surface area contributed by atoms with Crippen molar-refractivity contribution < 1.29 is 19.0 Å². The molecule has 1 amide bonds. The summed E-state index contributed by atoms with van der Waals surface area (Å²) in [4.78, 5) is 20.9. The summed E-state index contributed by atoms with van der Waals surface area (Å²) in [6.07, 6.45) is 1.50. The Balaban J connectivity index is 1.74. The first-order valence-corrected chi connectivity index (χ1v) is 8.81. The summed E-state index contributed by atoms with van der Waals surface area (Å²) in [7, 11) is 4.52. The Hall–Kier alpha value is -3.81. The van der Waals surface area contributed by atoms with Gasteiger partial charge in [-0.3, -0.25) is 4.79 Å². The summed E-state index contributed by atoms with van der Waals surface area (Å²) in [5.74, 6) is 1.67. The molecule has 0 radical (unpaired) electrons. The summed E-state index contributed by atoms with van der Waals surface area (Å²) in [5.41, 5.74) is 2.75. The Morgan fingerprint density at radius 2 is 1.48 bits per heavy atom. The first kappa shape index (κ1) is 19.9. The molecule has 0 atom stereocenters. The molecule has 2 aromatic carbocycles. The number of carbonyl (C=O) groups excluding carboxylic acids is 1. The monoisotopic (exact) mass is 394 g/mol. The van der Waals surface area contributed by atoms with E-state index in [1.807, 2.05) is 25.1 Å². The zero-order valence-electron chi connectivity index (χ0n) is 16.6. The Labute approximate surface area is 168 Å². The molecule has 8 nitrogen and oxygen atoms in total. The van der Waals surface area contributed by atoms with Crippen LogP contribution < -0.4 is 24.8 Å². The maximum absolute atomic E-state index is 12.7. The van der Waals surface area contributed by atoms with Crippen LogP contribution in [-0.4, -0.2) is 37.2 Å². The molecule has 0 unspecified atom stereocenters. The second kappa shape index (κ2) is 8.92. The van der Waals surface area contributed by atoms with Gasteiger partial charge in [0, 0.05) is 28.7 Å². The molecular formula is C21H22N4O4. The highest BCUT2D eigenvalue weighted by Gasteiger charge is 2.17. The van der Waals surface area contributed by atoms with Crippen molar-refractivity contribution in [2.75, 3.05) is 32.0 Å². The molecule has 0 bridgehead atoms. The van der Waals surface area contributed by atoms with Crippen molar-refractivity contribution in [2.45, 2.75) is 6.92 Å². The largest absolute Gasteiger partial charge is 0.493 e. The van der Waals surface area contributed by atoms with Crippen molar-refractivity contribution in [1.82, 2.24) is 9.97 Å². The van der Waals surface area contributed by atoms with Crippen molar-refractivity contribution in [2.24, 2.45) is 0 Å². The van der Waals surface area contributed by atoms with Crippen LogP contribution in [0.15, 0.2) is 48.8 Å². The molecule has 0 fully saturated rings. The van der Waals surface area contributed by atoms with Crippen molar-refractivity contribution >= 4 is 23.1 Å². The van der Waals surface area contributed by atoms with E-state index in [1.165, 1.54) is 27.7 Å². The molecule has 0 aliphatic heterocycles. The number of rotatable bonds is 7. The Kier molecular flexibility index (Phi) is 6.13. The van der Waals surface area contributed by atoms with Crippen LogP contribution in [0.5, 0.6) is 17.2 Å². The number of carbonyl (C=O) groups is 1. The molecule has 29 heavy (non-hydrogen) atoms. The number of nitrogens with one attached hydrogen (secondary N) is 2. The Morgan fingerprint density at radius 1 is 0.862 bits per heavy atom. The lowest BCUT2D eigenvalue weighted by Gasteiger charge is -2.14.